The Morgan fingerprint density at radius 3 is 2.40 bits per heavy atom. The van der Waals surface area contributed by atoms with E-state index < -0.39 is 0 Å². The van der Waals surface area contributed by atoms with E-state index in [1.807, 2.05) is 38.1 Å². The molecule has 7 nitrogen and oxygen atoms in total. The van der Waals surface area contributed by atoms with E-state index in [1.54, 1.807) is 16.9 Å². The monoisotopic (exact) mass is 347 g/mol. The standard InChI is InChI=1S/C18H25N3O4/c1-12-9-20(10-13(2)25-12)18(23)19-14-8-17(22)21(11-14)15-4-6-16(24-3)7-5-15/h4-7,12-14H,8-11H2,1-3H3,(H,19,23). The highest BCUT2D eigenvalue weighted by Gasteiger charge is 2.34. The Hall–Kier alpha value is -2.28. The molecule has 2 aliphatic heterocycles. The van der Waals surface area contributed by atoms with E-state index in [2.05, 4.69) is 5.32 Å². The molecule has 2 heterocycles. The van der Waals surface area contributed by atoms with Gasteiger partial charge in [-0.25, -0.2) is 4.79 Å². The first-order chi connectivity index (χ1) is 12.0. The van der Waals surface area contributed by atoms with Crippen molar-refractivity contribution in [1.82, 2.24) is 10.2 Å². The maximum absolute atomic E-state index is 12.5. The van der Waals surface area contributed by atoms with Gasteiger partial charge in [0.15, 0.2) is 0 Å². The van der Waals surface area contributed by atoms with Gasteiger partial charge in [-0.3, -0.25) is 4.79 Å². The summed E-state index contributed by atoms with van der Waals surface area (Å²) in [5.74, 6) is 0.759. The number of urea groups is 1. The third-order valence-corrected chi connectivity index (χ3v) is 4.54. The van der Waals surface area contributed by atoms with Crippen LogP contribution in [0.25, 0.3) is 0 Å². The first kappa shape index (κ1) is 17.5. The van der Waals surface area contributed by atoms with Crippen molar-refractivity contribution < 1.29 is 19.1 Å². The zero-order chi connectivity index (χ0) is 18.0. The number of carbonyl (C=O) groups excluding carboxylic acids is 2. The van der Waals surface area contributed by atoms with E-state index in [1.165, 1.54) is 0 Å². The molecular formula is C18H25N3O4. The van der Waals surface area contributed by atoms with Crippen molar-refractivity contribution in [2.45, 2.75) is 38.5 Å². The maximum atomic E-state index is 12.5. The van der Waals surface area contributed by atoms with Crippen LogP contribution in [0.15, 0.2) is 24.3 Å². The lowest BCUT2D eigenvalue weighted by atomic mass is 10.2. The lowest BCUT2D eigenvalue weighted by molar-refractivity contribution is -0.117. The normalized spacial score (nSPS) is 26.7. The van der Waals surface area contributed by atoms with Gasteiger partial charge in [-0.2, -0.15) is 0 Å². The van der Waals surface area contributed by atoms with Crippen LogP contribution < -0.4 is 15.0 Å². The van der Waals surface area contributed by atoms with E-state index in [0.29, 0.717) is 26.1 Å². The molecule has 0 aliphatic carbocycles. The molecule has 0 radical (unpaired) electrons. The predicted octanol–water partition coefficient (Wildman–Crippen LogP) is 1.62. The number of nitrogens with zero attached hydrogens (tertiary/aromatic N) is 2. The number of morpholine rings is 1. The first-order valence-electron chi connectivity index (χ1n) is 8.61. The van der Waals surface area contributed by atoms with Gasteiger partial charge in [0.25, 0.3) is 0 Å². The van der Waals surface area contributed by atoms with Crippen LogP contribution >= 0.6 is 0 Å². The number of carbonyl (C=O) groups is 2. The molecule has 7 heteroatoms. The summed E-state index contributed by atoms with van der Waals surface area (Å²) in [5.41, 5.74) is 0.816. The average Bonchev–Trinajstić information content (AvgIpc) is 2.94. The number of nitrogens with one attached hydrogen (secondary N) is 1. The number of ether oxygens (including phenoxy) is 2. The SMILES string of the molecule is COc1ccc(N2CC(NC(=O)N3CC(C)OC(C)C3)CC2=O)cc1. The topological polar surface area (TPSA) is 71.1 Å². The second kappa shape index (κ2) is 7.31. The number of benzene rings is 1. The fourth-order valence-corrected chi connectivity index (χ4v) is 3.43. The molecule has 3 amide bonds. The summed E-state index contributed by atoms with van der Waals surface area (Å²) in [6, 6.07) is 7.04. The molecule has 0 bridgehead atoms. The molecular weight excluding hydrogens is 322 g/mol. The molecule has 3 rings (SSSR count). The number of rotatable bonds is 3. The number of amides is 3. The fourth-order valence-electron chi connectivity index (χ4n) is 3.43. The van der Waals surface area contributed by atoms with Gasteiger partial charge in [0.2, 0.25) is 5.91 Å². The van der Waals surface area contributed by atoms with Gasteiger partial charge in [-0.05, 0) is 38.1 Å². The lowest BCUT2D eigenvalue weighted by Gasteiger charge is -2.35. The third kappa shape index (κ3) is 4.04. The van der Waals surface area contributed by atoms with Crippen LogP contribution in [0.4, 0.5) is 10.5 Å². The van der Waals surface area contributed by atoms with Crippen LogP contribution in [0.2, 0.25) is 0 Å². The Bertz CT molecular complexity index is 624. The van der Waals surface area contributed by atoms with Gasteiger partial charge in [-0.15, -0.1) is 0 Å². The fraction of sp³-hybridized carbons (Fsp3) is 0.556. The molecule has 2 saturated heterocycles. The predicted molar refractivity (Wildman–Crippen MR) is 93.9 cm³/mol. The summed E-state index contributed by atoms with van der Waals surface area (Å²) in [4.78, 5) is 28.3. The van der Waals surface area contributed by atoms with Crippen molar-refractivity contribution in [2.75, 3.05) is 31.6 Å². The summed E-state index contributed by atoms with van der Waals surface area (Å²) in [6.45, 7) is 5.53. The van der Waals surface area contributed by atoms with Crippen molar-refractivity contribution in [3.05, 3.63) is 24.3 Å². The highest BCUT2D eigenvalue weighted by atomic mass is 16.5. The van der Waals surface area contributed by atoms with Gasteiger partial charge in [0, 0.05) is 31.7 Å². The first-order valence-corrected chi connectivity index (χ1v) is 8.61. The Morgan fingerprint density at radius 1 is 1.16 bits per heavy atom. The minimum Gasteiger partial charge on any atom is -0.497 e. The van der Waals surface area contributed by atoms with Crippen LogP contribution in [0, 0.1) is 0 Å². The lowest BCUT2D eigenvalue weighted by Crippen LogP contribution is -2.53. The van der Waals surface area contributed by atoms with E-state index in [0.717, 1.165) is 11.4 Å². The van der Waals surface area contributed by atoms with E-state index in [4.69, 9.17) is 9.47 Å². The molecule has 1 N–H and O–H groups in total. The molecule has 0 aromatic heterocycles. The molecule has 25 heavy (non-hydrogen) atoms. The van der Waals surface area contributed by atoms with Gasteiger partial charge in [0.05, 0.1) is 25.4 Å². The molecule has 2 aliphatic rings. The minimum absolute atomic E-state index is 0.0131. The number of anilines is 1. The maximum Gasteiger partial charge on any atom is 0.317 e. The molecule has 3 atom stereocenters. The largest absolute Gasteiger partial charge is 0.497 e. The van der Waals surface area contributed by atoms with E-state index in [9.17, 15) is 9.59 Å². The molecule has 1 aromatic carbocycles. The zero-order valence-electron chi connectivity index (χ0n) is 14.9. The Labute approximate surface area is 147 Å². The number of hydrogen-bond acceptors (Lipinski definition) is 4. The van der Waals surface area contributed by atoms with Crippen molar-refractivity contribution in [2.24, 2.45) is 0 Å². The van der Waals surface area contributed by atoms with Gasteiger partial charge < -0.3 is 24.6 Å². The molecule has 2 fully saturated rings. The summed E-state index contributed by atoms with van der Waals surface area (Å²) in [6.07, 6.45) is 0.360. The second-order valence-corrected chi connectivity index (χ2v) is 6.72. The van der Waals surface area contributed by atoms with Crippen LogP contribution in [-0.4, -0.2) is 61.8 Å². The third-order valence-electron chi connectivity index (χ3n) is 4.54. The average molecular weight is 347 g/mol. The summed E-state index contributed by atoms with van der Waals surface area (Å²) in [7, 11) is 1.61. The van der Waals surface area contributed by atoms with Crippen LogP contribution in [0.5, 0.6) is 5.75 Å². The van der Waals surface area contributed by atoms with Crippen LogP contribution in [0.3, 0.4) is 0 Å². The highest BCUT2D eigenvalue weighted by Crippen LogP contribution is 2.24. The van der Waals surface area contributed by atoms with Crippen molar-refractivity contribution >= 4 is 17.6 Å². The Morgan fingerprint density at radius 2 is 1.80 bits per heavy atom. The van der Waals surface area contributed by atoms with Crippen molar-refractivity contribution in [3.8, 4) is 5.75 Å². The van der Waals surface area contributed by atoms with Gasteiger partial charge in [-0.1, -0.05) is 0 Å². The quantitative estimate of drug-likeness (QED) is 0.902. The summed E-state index contributed by atoms with van der Waals surface area (Å²) < 4.78 is 10.8. The highest BCUT2D eigenvalue weighted by molar-refractivity contribution is 5.96. The van der Waals surface area contributed by atoms with E-state index in [-0.39, 0.29) is 30.2 Å². The Kier molecular flexibility index (Phi) is 5.13. The molecule has 1 aromatic rings. The van der Waals surface area contributed by atoms with Crippen molar-refractivity contribution in [3.63, 3.8) is 0 Å². The van der Waals surface area contributed by atoms with Gasteiger partial charge in [0.1, 0.15) is 5.75 Å². The summed E-state index contributed by atoms with van der Waals surface area (Å²) >= 11 is 0. The van der Waals surface area contributed by atoms with E-state index >= 15 is 0 Å². The smallest absolute Gasteiger partial charge is 0.317 e. The zero-order valence-corrected chi connectivity index (χ0v) is 14.9. The molecule has 0 spiro atoms. The van der Waals surface area contributed by atoms with Crippen LogP contribution in [-0.2, 0) is 9.53 Å². The number of hydrogen-bond donors (Lipinski definition) is 1. The summed E-state index contributed by atoms with van der Waals surface area (Å²) in [5, 5.41) is 2.99. The molecule has 0 saturated carbocycles. The molecule has 3 unspecified atom stereocenters. The number of methoxy groups -OCH3 is 1. The van der Waals surface area contributed by atoms with Crippen molar-refractivity contribution in [1.29, 1.82) is 0 Å². The molecule has 136 valence electrons. The van der Waals surface area contributed by atoms with Crippen LogP contribution in [0.1, 0.15) is 20.3 Å². The van der Waals surface area contributed by atoms with Gasteiger partial charge >= 0.3 is 6.03 Å². The second-order valence-electron chi connectivity index (χ2n) is 6.72. The minimum atomic E-state index is -0.185. The Balaban J connectivity index is 1.59.